The molecule has 2 N–H and O–H groups in total. The van der Waals surface area contributed by atoms with Gasteiger partial charge in [-0.05, 0) is 57.0 Å². The highest BCUT2D eigenvalue weighted by molar-refractivity contribution is 7.09. The van der Waals surface area contributed by atoms with Crippen LogP contribution < -0.4 is 5.32 Å². The van der Waals surface area contributed by atoms with Crippen molar-refractivity contribution in [1.82, 2.24) is 19.2 Å². The van der Waals surface area contributed by atoms with Gasteiger partial charge < -0.3 is 20.1 Å². The molecule has 2 aromatic rings. The van der Waals surface area contributed by atoms with Gasteiger partial charge in [0.2, 0.25) is 0 Å². The topological polar surface area (TPSA) is 83.4 Å². The van der Waals surface area contributed by atoms with Crippen molar-refractivity contribution in [3.05, 3.63) is 23.9 Å². The van der Waals surface area contributed by atoms with Gasteiger partial charge in [-0.15, -0.1) is 0 Å². The van der Waals surface area contributed by atoms with E-state index < -0.39 is 11.9 Å². The number of rotatable bonds is 4. The monoisotopic (exact) mass is 393 g/mol. The second kappa shape index (κ2) is 8.14. The van der Waals surface area contributed by atoms with E-state index in [-0.39, 0.29) is 6.04 Å². The molecule has 2 fully saturated rings. The second-order valence-electron chi connectivity index (χ2n) is 7.27. The van der Waals surface area contributed by atoms with Crippen LogP contribution in [0.15, 0.2) is 12.3 Å². The smallest absolute Gasteiger partial charge is 0.151 e. The Morgan fingerprint density at radius 3 is 2.93 bits per heavy atom. The zero-order chi connectivity index (χ0) is 18.8. The van der Waals surface area contributed by atoms with Crippen molar-refractivity contribution in [2.24, 2.45) is 0 Å². The average molecular weight is 393 g/mol. The number of hydrogen-bond acceptors (Lipinski definition) is 8. The van der Waals surface area contributed by atoms with Gasteiger partial charge >= 0.3 is 0 Å². The number of nitrogens with zero attached hydrogens (tertiary/aromatic N) is 4. The Bertz CT molecular complexity index is 781. The van der Waals surface area contributed by atoms with E-state index >= 15 is 0 Å². The third-order valence-electron chi connectivity index (χ3n) is 5.27. The van der Waals surface area contributed by atoms with E-state index in [1.807, 2.05) is 0 Å². The molecule has 0 spiro atoms. The molecule has 4 heterocycles. The maximum Gasteiger partial charge on any atom is 0.151 e. The largest absolute Gasteiger partial charge is 0.389 e. The third kappa shape index (κ3) is 4.26. The molecule has 2 aliphatic heterocycles. The molecule has 0 saturated carbocycles. The summed E-state index contributed by atoms with van der Waals surface area (Å²) in [7, 11) is 2.12. The summed E-state index contributed by atoms with van der Waals surface area (Å²) in [5.74, 6) is 1.26. The Hall–Kier alpha value is -1.68. The molecule has 0 aromatic carbocycles. The van der Waals surface area contributed by atoms with Gasteiger partial charge in [0.25, 0.3) is 0 Å². The SMILES string of the molecule is CN1CCC(c2nsc(-c3cc(N[C@@H]4CCOC[C@H]4O)ncc3F)n2)CC1. The molecule has 4 rings (SSSR count). The number of aliphatic hydroxyl groups excluding tert-OH is 1. The lowest BCUT2D eigenvalue weighted by molar-refractivity contribution is -0.0135. The minimum absolute atomic E-state index is 0.159. The molecule has 0 amide bonds. The standard InChI is InChI=1S/C18H24FN5O2S/c1-24-5-2-11(3-6-24)17-22-18(27-23-17)12-8-16(20-9-13(12)19)21-14-4-7-26-10-15(14)25/h8-9,11,14-15,25H,2-7,10H2,1H3,(H,20,21)/t14-,15-/m1/s1. The first-order valence-electron chi connectivity index (χ1n) is 9.30. The summed E-state index contributed by atoms with van der Waals surface area (Å²) in [6, 6.07) is 1.49. The van der Waals surface area contributed by atoms with Crippen molar-refractivity contribution in [3.8, 4) is 10.6 Å². The maximum atomic E-state index is 14.4. The van der Waals surface area contributed by atoms with Crippen LogP contribution in [0.1, 0.15) is 31.0 Å². The van der Waals surface area contributed by atoms with Gasteiger partial charge in [0, 0.05) is 12.5 Å². The van der Waals surface area contributed by atoms with Gasteiger partial charge in [-0.25, -0.2) is 14.4 Å². The summed E-state index contributed by atoms with van der Waals surface area (Å²) in [6.07, 6.45) is 3.32. The summed E-state index contributed by atoms with van der Waals surface area (Å²) in [5.41, 5.74) is 0.394. The minimum Gasteiger partial charge on any atom is -0.389 e. The second-order valence-corrected chi connectivity index (χ2v) is 8.02. The van der Waals surface area contributed by atoms with E-state index in [2.05, 4.69) is 31.6 Å². The summed E-state index contributed by atoms with van der Waals surface area (Å²) in [4.78, 5) is 11.0. The number of likely N-dealkylation sites (tertiary alicyclic amines) is 1. The predicted octanol–water partition coefficient (Wildman–Crippen LogP) is 2.11. The average Bonchev–Trinajstić information content (AvgIpc) is 3.15. The fourth-order valence-electron chi connectivity index (χ4n) is 3.54. The van der Waals surface area contributed by atoms with Crippen LogP contribution in [-0.2, 0) is 4.74 Å². The van der Waals surface area contributed by atoms with Crippen LogP contribution in [0.3, 0.4) is 0 Å². The number of hydrogen-bond donors (Lipinski definition) is 2. The van der Waals surface area contributed by atoms with Crippen molar-refractivity contribution in [2.75, 3.05) is 38.7 Å². The van der Waals surface area contributed by atoms with Crippen LogP contribution in [0.2, 0.25) is 0 Å². The molecule has 0 radical (unpaired) electrons. The number of aliphatic hydroxyl groups is 1. The van der Waals surface area contributed by atoms with Crippen LogP contribution in [0.25, 0.3) is 10.6 Å². The van der Waals surface area contributed by atoms with E-state index in [4.69, 9.17) is 4.74 Å². The number of nitrogens with one attached hydrogen (secondary N) is 1. The number of piperidine rings is 1. The number of ether oxygens (including phenoxy) is 1. The first-order chi connectivity index (χ1) is 13.1. The van der Waals surface area contributed by atoms with E-state index in [0.717, 1.165) is 31.8 Å². The molecule has 0 aliphatic carbocycles. The zero-order valence-electron chi connectivity index (χ0n) is 15.3. The van der Waals surface area contributed by atoms with E-state index in [9.17, 15) is 9.50 Å². The van der Waals surface area contributed by atoms with Crippen LogP contribution in [-0.4, -0.2) is 69.8 Å². The Kier molecular flexibility index (Phi) is 5.63. The molecule has 7 nitrogen and oxygen atoms in total. The molecule has 0 bridgehead atoms. The molecule has 146 valence electrons. The van der Waals surface area contributed by atoms with E-state index in [0.29, 0.717) is 41.9 Å². The fourth-order valence-corrected chi connectivity index (χ4v) is 4.30. The summed E-state index contributed by atoms with van der Waals surface area (Å²) in [6.45, 7) is 2.94. The van der Waals surface area contributed by atoms with Crippen molar-refractivity contribution in [1.29, 1.82) is 0 Å². The lowest BCUT2D eigenvalue weighted by Gasteiger charge is -2.28. The molecular formula is C18H24FN5O2S. The van der Waals surface area contributed by atoms with Crippen LogP contribution >= 0.6 is 11.5 Å². The first kappa shape index (κ1) is 18.7. The molecule has 9 heteroatoms. The van der Waals surface area contributed by atoms with Crippen LogP contribution in [0.5, 0.6) is 0 Å². The summed E-state index contributed by atoms with van der Waals surface area (Å²) < 4.78 is 24.1. The highest BCUT2D eigenvalue weighted by Crippen LogP contribution is 2.31. The molecule has 2 aliphatic rings. The lowest BCUT2D eigenvalue weighted by Crippen LogP contribution is -2.42. The predicted molar refractivity (Wildman–Crippen MR) is 101 cm³/mol. The van der Waals surface area contributed by atoms with Crippen molar-refractivity contribution < 1.29 is 14.2 Å². The molecule has 2 aromatic heterocycles. The summed E-state index contributed by atoms with van der Waals surface area (Å²) in [5, 5.41) is 13.8. The molecule has 0 unspecified atom stereocenters. The Labute approximate surface area is 161 Å². The molecule has 2 saturated heterocycles. The Balaban J connectivity index is 1.51. The van der Waals surface area contributed by atoms with E-state index in [1.54, 1.807) is 6.07 Å². The van der Waals surface area contributed by atoms with Gasteiger partial charge in [-0.3, -0.25) is 0 Å². The van der Waals surface area contributed by atoms with Gasteiger partial charge in [0.05, 0.1) is 30.5 Å². The van der Waals surface area contributed by atoms with Crippen LogP contribution in [0.4, 0.5) is 10.2 Å². The molecular weight excluding hydrogens is 369 g/mol. The van der Waals surface area contributed by atoms with Crippen LogP contribution in [0, 0.1) is 5.82 Å². The first-order valence-corrected chi connectivity index (χ1v) is 10.1. The maximum absolute atomic E-state index is 14.4. The summed E-state index contributed by atoms with van der Waals surface area (Å²) >= 11 is 1.23. The Morgan fingerprint density at radius 1 is 1.33 bits per heavy atom. The van der Waals surface area contributed by atoms with Gasteiger partial charge in [-0.1, -0.05) is 0 Å². The number of halogens is 1. The van der Waals surface area contributed by atoms with Crippen molar-refractivity contribution in [2.45, 2.75) is 37.3 Å². The van der Waals surface area contributed by atoms with E-state index in [1.165, 1.54) is 17.7 Å². The van der Waals surface area contributed by atoms with Gasteiger partial charge in [0.1, 0.15) is 16.6 Å². The minimum atomic E-state index is -0.605. The quantitative estimate of drug-likeness (QED) is 0.823. The third-order valence-corrected chi connectivity index (χ3v) is 6.03. The fraction of sp³-hybridized carbons (Fsp3) is 0.611. The highest BCUT2D eigenvalue weighted by Gasteiger charge is 2.25. The highest BCUT2D eigenvalue weighted by atomic mass is 32.1. The number of anilines is 1. The van der Waals surface area contributed by atoms with Gasteiger partial charge in [0.15, 0.2) is 5.82 Å². The lowest BCUT2D eigenvalue weighted by atomic mass is 9.96. The Morgan fingerprint density at radius 2 is 2.15 bits per heavy atom. The number of aromatic nitrogens is 3. The van der Waals surface area contributed by atoms with Crippen molar-refractivity contribution >= 4 is 17.4 Å². The molecule has 27 heavy (non-hydrogen) atoms. The normalized spacial score (nSPS) is 24.9. The number of pyridine rings is 1. The van der Waals surface area contributed by atoms with Crippen molar-refractivity contribution in [3.63, 3.8) is 0 Å². The van der Waals surface area contributed by atoms with Gasteiger partial charge in [-0.2, -0.15) is 4.37 Å². The zero-order valence-corrected chi connectivity index (χ0v) is 16.1. The molecule has 2 atom stereocenters.